The summed E-state index contributed by atoms with van der Waals surface area (Å²) in [5, 5.41) is 0. The van der Waals surface area contributed by atoms with Crippen molar-refractivity contribution < 1.29 is 14.3 Å². The zero-order chi connectivity index (χ0) is 20.1. The average molecular weight is 371 g/mol. The van der Waals surface area contributed by atoms with E-state index in [1.165, 1.54) is 16.7 Å². The normalized spacial score (nSPS) is 12.0. The van der Waals surface area contributed by atoms with Crippen molar-refractivity contribution in [2.45, 2.75) is 59.8 Å². The molecule has 3 nitrogen and oxygen atoms in total. The molecular weight excluding hydrogens is 336 g/mol. The summed E-state index contributed by atoms with van der Waals surface area (Å²) in [6, 6.07) is 5.48. The van der Waals surface area contributed by atoms with Crippen molar-refractivity contribution in [3.63, 3.8) is 0 Å². The molecule has 0 bridgehead atoms. The van der Waals surface area contributed by atoms with Crippen LogP contribution in [0.1, 0.15) is 69.3 Å². The minimum atomic E-state index is 0.201. The SMILES string of the molecule is COCOc1ccc(C=O)cc1C/C=C(\C)CC/C=C(\C)CCC=C(C)C. The molecule has 0 aliphatic carbocycles. The molecule has 1 rings (SSSR count). The van der Waals surface area contributed by atoms with E-state index in [4.69, 9.17) is 9.47 Å². The number of hydrogen-bond acceptors (Lipinski definition) is 3. The second-order valence-corrected chi connectivity index (χ2v) is 7.20. The van der Waals surface area contributed by atoms with Gasteiger partial charge in [0.05, 0.1) is 0 Å². The maximum atomic E-state index is 11.0. The Morgan fingerprint density at radius 3 is 2.26 bits per heavy atom. The van der Waals surface area contributed by atoms with Gasteiger partial charge in [-0.1, -0.05) is 34.9 Å². The Balaban J connectivity index is 2.60. The third-order valence-corrected chi connectivity index (χ3v) is 4.35. The highest BCUT2D eigenvalue weighted by Gasteiger charge is 2.05. The van der Waals surface area contributed by atoms with Crippen LogP contribution in [0.3, 0.4) is 0 Å². The molecule has 0 saturated heterocycles. The molecule has 27 heavy (non-hydrogen) atoms. The Hall–Kier alpha value is -2.13. The predicted molar refractivity (Wildman–Crippen MR) is 113 cm³/mol. The van der Waals surface area contributed by atoms with Crippen molar-refractivity contribution in [3.05, 3.63) is 64.3 Å². The number of allylic oxidation sites excluding steroid dienone is 6. The van der Waals surface area contributed by atoms with Crippen molar-refractivity contribution >= 4 is 6.29 Å². The van der Waals surface area contributed by atoms with Crippen molar-refractivity contribution in [2.75, 3.05) is 13.9 Å². The van der Waals surface area contributed by atoms with Gasteiger partial charge in [0.25, 0.3) is 0 Å². The molecule has 0 aliphatic heterocycles. The number of methoxy groups -OCH3 is 1. The number of benzene rings is 1. The van der Waals surface area contributed by atoms with E-state index in [2.05, 4.69) is 45.9 Å². The largest absolute Gasteiger partial charge is 0.467 e. The highest BCUT2D eigenvalue weighted by Crippen LogP contribution is 2.22. The first kappa shape index (κ1) is 22.9. The van der Waals surface area contributed by atoms with Crippen LogP contribution in [0.15, 0.2) is 53.1 Å². The van der Waals surface area contributed by atoms with E-state index in [9.17, 15) is 4.79 Å². The van der Waals surface area contributed by atoms with E-state index >= 15 is 0 Å². The number of aldehydes is 1. The van der Waals surface area contributed by atoms with Crippen molar-refractivity contribution in [1.82, 2.24) is 0 Å². The van der Waals surface area contributed by atoms with Crippen molar-refractivity contribution in [1.29, 1.82) is 0 Å². The zero-order valence-electron chi connectivity index (χ0n) is 17.5. The number of rotatable bonds is 12. The van der Waals surface area contributed by atoms with Gasteiger partial charge in [0.2, 0.25) is 0 Å². The fourth-order valence-corrected chi connectivity index (χ4v) is 2.72. The molecular formula is C24H34O3. The molecule has 0 spiro atoms. The fourth-order valence-electron chi connectivity index (χ4n) is 2.72. The van der Waals surface area contributed by atoms with E-state index in [-0.39, 0.29) is 6.79 Å². The molecule has 0 heterocycles. The van der Waals surface area contributed by atoms with Crippen molar-refractivity contribution in [3.8, 4) is 5.75 Å². The molecule has 1 aromatic carbocycles. The molecule has 0 unspecified atom stereocenters. The lowest BCUT2D eigenvalue weighted by Crippen LogP contribution is -2.02. The van der Waals surface area contributed by atoms with Crippen LogP contribution in [0.5, 0.6) is 5.75 Å². The van der Waals surface area contributed by atoms with Crippen LogP contribution in [0.4, 0.5) is 0 Å². The van der Waals surface area contributed by atoms with E-state index in [1.54, 1.807) is 13.2 Å². The topological polar surface area (TPSA) is 35.5 Å². The molecule has 0 saturated carbocycles. The Kier molecular flexibility index (Phi) is 11.1. The van der Waals surface area contributed by atoms with Crippen molar-refractivity contribution in [2.24, 2.45) is 0 Å². The molecule has 148 valence electrons. The van der Waals surface area contributed by atoms with Crippen LogP contribution < -0.4 is 4.74 Å². The molecule has 0 atom stereocenters. The Morgan fingerprint density at radius 2 is 1.63 bits per heavy atom. The Bertz CT molecular complexity index is 677. The molecule has 0 N–H and O–H groups in total. The van der Waals surface area contributed by atoms with Gasteiger partial charge in [0.1, 0.15) is 12.0 Å². The molecule has 0 radical (unpaired) electrons. The zero-order valence-corrected chi connectivity index (χ0v) is 17.5. The summed E-state index contributed by atoms with van der Waals surface area (Å²) in [5.41, 5.74) is 5.85. The fraction of sp³-hybridized carbons (Fsp3) is 0.458. The van der Waals surface area contributed by atoms with Crippen LogP contribution in [-0.4, -0.2) is 20.2 Å². The van der Waals surface area contributed by atoms with Gasteiger partial charge in [-0.25, -0.2) is 0 Å². The summed E-state index contributed by atoms with van der Waals surface area (Å²) < 4.78 is 10.6. The van der Waals surface area contributed by atoms with Crippen LogP contribution in [0, 0.1) is 0 Å². The first-order valence-corrected chi connectivity index (χ1v) is 9.60. The van der Waals surface area contributed by atoms with Crippen LogP contribution in [0.25, 0.3) is 0 Å². The lowest BCUT2D eigenvalue weighted by Gasteiger charge is -2.10. The minimum Gasteiger partial charge on any atom is -0.467 e. The van der Waals surface area contributed by atoms with Crippen LogP contribution in [0.2, 0.25) is 0 Å². The molecule has 0 amide bonds. The maximum absolute atomic E-state index is 11.0. The standard InChI is InChI=1S/C24H34O3/c1-19(2)8-6-9-20(3)10-7-11-21(4)12-14-23-16-22(17-25)13-15-24(23)27-18-26-5/h8,10,12-13,15-17H,6-7,9,11,14,18H2,1-5H3/b20-10+,21-12+. The predicted octanol–water partition coefficient (Wildman–Crippen LogP) is 6.44. The summed E-state index contributed by atoms with van der Waals surface area (Å²) in [6.45, 7) is 8.86. The summed E-state index contributed by atoms with van der Waals surface area (Å²) in [7, 11) is 1.60. The van der Waals surface area contributed by atoms with Crippen LogP contribution in [-0.2, 0) is 11.2 Å². The van der Waals surface area contributed by atoms with Gasteiger partial charge in [-0.2, -0.15) is 0 Å². The van der Waals surface area contributed by atoms with Gasteiger partial charge in [0.15, 0.2) is 6.79 Å². The minimum absolute atomic E-state index is 0.201. The molecule has 0 aromatic heterocycles. The molecule has 1 aromatic rings. The number of carbonyl (C=O) groups is 1. The monoisotopic (exact) mass is 370 g/mol. The summed E-state index contributed by atoms with van der Waals surface area (Å²) in [4.78, 5) is 11.0. The third-order valence-electron chi connectivity index (χ3n) is 4.35. The first-order chi connectivity index (χ1) is 13.0. The smallest absolute Gasteiger partial charge is 0.188 e. The summed E-state index contributed by atoms with van der Waals surface area (Å²) in [6.07, 6.45) is 12.8. The first-order valence-electron chi connectivity index (χ1n) is 9.60. The average Bonchev–Trinajstić information content (AvgIpc) is 2.64. The number of carbonyl (C=O) groups excluding carboxylic acids is 1. The van der Waals surface area contributed by atoms with Gasteiger partial charge < -0.3 is 9.47 Å². The highest BCUT2D eigenvalue weighted by molar-refractivity contribution is 5.75. The second kappa shape index (κ2) is 13.1. The molecule has 0 aliphatic rings. The second-order valence-electron chi connectivity index (χ2n) is 7.20. The lowest BCUT2D eigenvalue weighted by molar-refractivity contribution is 0.0505. The van der Waals surface area contributed by atoms with Gasteiger partial charge in [-0.05, 0) is 83.6 Å². The van der Waals surface area contributed by atoms with E-state index in [0.717, 1.165) is 49.7 Å². The van der Waals surface area contributed by atoms with Gasteiger partial charge >= 0.3 is 0 Å². The van der Waals surface area contributed by atoms with Gasteiger partial charge in [-0.3, -0.25) is 4.79 Å². The van der Waals surface area contributed by atoms with E-state index in [1.807, 2.05) is 12.1 Å². The number of hydrogen-bond donors (Lipinski definition) is 0. The summed E-state index contributed by atoms with van der Waals surface area (Å²) >= 11 is 0. The van der Waals surface area contributed by atoms with Gasteiger partial charge in [0, 0.05) is 12.7 Å². The highest BCUT2D eigenvalue weighted by atomic mass is 16.7. The quantitative estimate of drug-likeness (QED) is 0.241. The lowest BCUT2D eigenvalue weighted by atomic mass is 10.0. The molecule has 0 fully saturated rings. The maximum Gasteiger partial charge on any atom is 0.188 e. The number of ether oxygens (including phenoxy) is 2. The van der Waals surface area contributed by atoms with Crippen LogP contribution >= 0.6 is 0 Å². The van der Waals surface area contributed by atoms with Gasteiger partial charge in [-0.15, -0.1) is 0 Å². The Labute approximate surface area is 164 Å². The Morgan fingerprint density at radius 1 is 0.963 bits per heavy atom. The van der Waals surface area contributed by atoms with E-state index < -0.39 is 0 Å². The summed E-state index contributed by atoms with van der Waals surface area (Å²) in [5.74, 6) is 0.765. The third kappa shape index (κ3) is 9.95. The molecule has 3 heteroatoms. The van der Waals surface area contributed by atoms with E-state index in [0.29, 0.717) is 5.56 Å².